The van der Waals surface area contributed by atoms with E-state index < -0.39 is 0 Å². The van der Waals surface area contributed by atoms with Crippen LogP contribution in [0.1, 0.15) is 64.6 Å². The van der Waals surface area contributed by atoms with Gasteiger partial charge in [-0.2, -0.15) is 0 Å². The second kappa shape index (κ2) is 10.4. The van der Waals surface area contributed by atoms with Crippen molar-refractivity contribution in [2.75, 3.05) is 26.2 Å². The highest BCUT2D eigenvalue weighted by Gasteiger charge is 2.42. The Labute approximate surface area is 225 Å². The maximum absolute atomic E-state index is 13.1. The number of piperidine rings is 3. The van der Waals surface area contributed by atoms with E-state index in [0.717, 1.165) is 61.3 Å². The summed E-state index contributed by atoms with van der Waals surface area (Å²) in [6.07, 6.45) is 2.79. The molecule has 1 amide bonds. The fraction of sp³-hybridized carbons (Fsp3) is 0.567. The van der Waals surface area contributed by atoms with E-state index >= 15 is 0 Å². The molecule has 7 heteroatoms. The SMILES string of the molecule is CCOc1cc2c(cc1-c1ccc(OC(C)C)c(Cl)c1)CC(C)(C)[C@H]2NC(=O)O[C@H]1CN2CCC1CC2. The Kier molecular flexibility index (Phi) is 7.34. The van der Waals surface area contributed by atoms with Crippen LogP contribution < -0.4 is 14.8 Å². The molecule has 3 saturated heterocycles. The minimum Gasteiger partial charge on any atom is -0.493 e. The number of fused-ring (bicyclic) bond motifs is 4. The molecule has 2 bridgehead atoms. The molecule has 3 aliphatic heterocycles. The van der Waals surface area contributed by atoms with Crippen molar-refractivity contribution in [1.29, 1.82) is 0 Å². The Hall–Kier alpha value is -2.44. The van der Waals surface area contributed by atoms with Crippen LogP contribution in [0.15, 0.2) is 30.3 Å². The highest BCUT2D eigenvalue weighted by molar-refractivity contribution is 6.32. The van der Waals surface area contributed by atoms with Crippen LogP contribution in [0.3, 0.4) is 0 Å². The van der Waals surface area contributed by atoms with Gasteiger partial charge in [0.05, 0.1) is 23.8 Å². The second-order valence-corrected chi connectivity index (χ2v) is 12.0. The van der Waals surface area contributed by atoms with Crippen molar-refractivity contribution in [1.82, 2.24) is 10.2 Å². The zero-order valence-corrected chi connectivity index (χ0v) is 23.4. The monoisotopic (exact) mass is 526 g/mol. The second-order valence-electron chi connectivity index (χ2n) is 11.6. The molecule has 0 spiro atoms. The molecule has 0 radical (unpaired) electrons. The van der Waals surface area contributed by atoms with E-state index in [1.54, 1.807) is 0 Å². The first-order chi connectivity index (χ1) is 17.6. The topological polar surface area (TPSA) is 60.0 Å². The summed E-state index contributed by atoms with van der Waals surface area (Å²) in [6.45, 7) is 14.0. The molecule has 2 atom stereocenters. The van der Waals surface area contributed by atoms with Crippen LogP contribution in [-0.4, -0.2) is 49.4 Å². The average Bonchev–Trinajstić information content (AvgIpc) is 3.09. The zero-order chi connectivity index (χ0) is 26.3. The molecule has 1 aliphatic carbocycles. The molecule has 4 aliphatic rings. The molecule has 3 fully saturated rings. The summed E-state index contributed by atoms with van der Waals surface area (Å²) in [6, 6.07) is 10.00. The minimum absolute atomic E-state index is 0.0137. The summed E-state index contributed by atoms with van der Waals surface area (Å²) in [7, 11) is 0. The van der Waals surface area contributed by atoms with E-state index in [2.05, 4.69) is 36.2 Å². The van der Waals surface area contributed by atoms with E-state index in [9.17, 15) is 4.79 Å². The van der Waals surface area contributed by atoms with Crippen molar-refractivity contribution in [3.05, 3.63) is 46.5 Å². The maximum atomic E-state index is 13.1. The lowest BCUT2D eigenvalue weighted by molar-refractivity contribution is -0.0349. The van der Waals surface area contributed by atoms with Gasteiger partial charge in [-0.1, -0.05) is 31.5 Å². The van der Waals surface area contributed by atoms with Gasteiger partial charge < -0.3 is 19.5 Å². The molecule has 1 N–H and O–H groups in total. The molecule has 2 aromatic carbocycles. The van der Waals surface area contributed by atoms with E-state index in [4.69, 9.17) is 25.8 Å². The summed E-state index contributed by atoms with van der Waals surface area (Å²) in [5.74, 6) is 1.94. The number of rotatable bonds is 7. The Morgan fingerprint density at radius 2 is 1.92 bits per heavy atom. The average molecular weight is 527 g/mol. The van der Waals surface area contributed by atoms with Gasteiger partial charge in [0.15, 0.2) is 0 Å². The molecule has 0 aromatic heterocycles. The summed E-state index contributed by atoms with van der Waals surface area (Å²) >= 11 is 6.57. The highest BCUT2D eigenvalue weighted by Crippen LogP contribution is 2.49. The number of alkyl carbamates (subject to hydrolysis) is 1. The van der Waals surface area contributed by atoms with E-state index in [-0.39, 0.29) is 29.8 Å². The number of amides is 1. The van der Waals surface area contributed by atoms with Crippen molar-refractivity contribution in [2.45, 2.75) is 72.1 Å². The van der Waals surface area contributed by atoms with Gasteiger partial charge in [0.25, 0.3) is 0 Å². The maximum Gasteiger partial charge on any atom is 0.407 e. The van der Waals surface area contributed by atoms with Crippen molar-refractivity contribution in [3.63, 3.8) is 0 Å². The number of carbonyl (C=O) groups is 1. The Morgan fingerprint density at radius 3 is 2.54 bits per heavy atom. The molecule has 0 saturated carbocycles. The lowest BCUT2D eigenvalue weighted by Gasteiger charge is -2.44. The number of hydrogen-bond acceptors (Lipinski definition) is 5. The normalized spacial score (nSPS) is 25.6. The third-order valence-electron chi connectivity index (χ3n) is 8.00. The third kappa shape index (κ3) is 5.42. The molecule has 0 unspecified atom stereocenters. The first-order valence-corrected chi connectivity index (χ1v) is 14.0. The van der Waals surface area contributed by atoms with Crippen LogP contribution in [0.4, 0.5) is 4.79 Å². The highest BCUT2D eigenvalue weighted by atomic mass is 35.5. The van der Waals surface area contributed by atoms with Gasteiger partial charge in [-0.05, 0) is 105 Å². The van der Waals surface area contributed by atoms with Crippen molar-refractivity contribution in [3.8, 4) is 22.6 Å². The lowest BCUT2D eigenvalue weighted by Crippen LogP contribution is -2.53. The summed E-state index contributed by atoms with van der Waals surface area (Å²) in [5.41, 5.74) is 4.10. The smallest absolute Gasteiger partial charge is 0.407 e. The van der Waals surface area contributed by atoms with E-state index in [1.165, 1.54) is 5.56 Å². The van der Waals surface area contributed by atoms with Gasteiger partial charge in [0.1, 0.15) is 17.6 Å². The Balaban J connectivity index is 1.40. The molecule has 37 heavy (non-hydrogen) atoms. The quantitative estimate of drug-likeness (QED) is 0.438. The third-order valence-corrected chi connectivity index (χ3v) is 8.30. The van der Waals surface area contributed by atoms with Gasteiger partial charge >= 0.3 is 6.09 Å². The standard InChI is InChI=1S/C30H39ClN2O4/c1-6-35-26-15-23-21(13-22(26)20-7-8-25(24(31)14-20)36-18(2)3)16-30(4,5)28(23)32-29(34)37-27-17-33-11-9-19(27)10-12-33/h7-8,13-15,18-19,27-28H,6,9-12,16-17H2,1-5H3,(H,32,34)/t27-,28-/m0/s1. The van der Waals surface area contributed by atoms with Crippen LogP contribution >= 0.6 is 11.6 Å². The molecule has 200 valence electrons. The number of halogens is 1. The molecule has 6 nitrogen and oxygen atoms in total. The fourth-order valence-electron chi connectivity index (χ4n) is 6.20. The van der Waals surface area contributed by atoms with E-state index in [0.29, 0.717) is 23.3 Å². The number of ether oxygens (including phenoxy) is 3. The van der Waals surface area contributed by atoms with E-state index in [1.807, 2.05) is 39.0 Å². The van der Waals surface area contributed by atoms with Gasteiger partial charge in [-0.3, -0.25) is 4.90 Å². The van der Waals surface area contributed by atoms with Gasteiger partial charge in [-0.15, -0.1) is 0 Å². The number of nitrogens with one attached hydrogen (secondary N) is 1. The Bertz CT molecular complexity index is 1160. The summed E-state index contributed by atoms with van der Waals surface area (Å²) in [5, 5.41) is 3.80. The molecule has 2 aromatic rings. The predicted octanol–water partition coefficient (Wildman–Crippen LogP) is 6.64. The molecule has 6 rings (SSSR count). The van der Waals surface area contributed by atoms with Crippen LogP contribution in [-0.2, 0) is 11.2 Å². The molecule has 3 heterocycles. The number of nitrogens with zero attached hydrogens (tertiary/aromatic N) is 1. The lowest BCUT2D eigenvalue weighted by atomic mass is 9.85. The molecular formula is C30H39ClN2O4. The van der Waals surface area contributed by atoms with Gasteiger partial charge in [0, 0.05) is 12.1 Å². The minimum atomic E-state index is -0.320. The van der Waals surface area contributed by atoms with Crippen molar-refractivity contribution in [2.24, 2.45) is 11.3 Å². The van der Waals surface area contributed by atoms with Crippen LogP contribution in [0.2, 0.25) is 5.02 Å². The van der Waals surface area contributed by atoms with Crippen LogP contribution in [0.25, 0.3) is 11.1 Å². The first kappa shape index (κ1) is 26.2. The largest absolute Gasteiger partial charge is 0.493 e. The predicted molar refractivity (Wildman–Crippen MR) is 147 cm³/mol. The van der Waals surface area contributed by atoms with Crippen molar-refractivity contribution >= 4 is 17.7 Å². The van der Waals surface area contributed by atoms with Crippen molar-refractivity contribution < 1.29 is 19.0 Å². The fourth-order valence-corrected chi connectivity index (χ4v) is 6.43. The van der Waals surface area contributed by atoms with Crippen LogP contribution in [0, 0.1) is 11.3 Å². The van der Waals surface area contributed by atoms with Crippen LogP contribution in [0.5, 0.6) is 11.5 Å². The Morgan fingerprint density at radius 1 is 1.16 bits per heavy atom. The first-order valence-electron chi connectivity index (χ1n) is 13.6. The zero-order valence-electron chi connectivity index (χ0n) is 22.6. The number of carbonyl (C=O) groups excluding carboxylic acids is 1. The number of hydrogen-bond donors (Lipinski definition) is 1. The van der Waals surface area contributed by atoms with Gasteiger partial charge in [0.2, 0.25) is 0 Å². The summed E-state index contributed by atoms with van der Waals surface area (Å²) in [4.78, 5) is 15.5. The summed E-state index contributed by atoms with van der Waals surface area (Å²) < 4.78 is 17.9. The molecular weight excluding hydrogens is 488 g/mol. The van der Waals surface area contributed by atoms with Gasteiger partial charge in [-0.25, -0.2) is 4.79 Å². The number of benzene rings is 2.